The molecule has 9 heteroatoms. The molecular weight excluding hydrogens is 382 g/mol. The fraction of sp³-hybridized carbons (Fsp3) is 0.211. The van der Waals surface area contributed by atoms with Crippen molar-refractivity contribution in [2.75, 3.05) is 32.4 Å². The van der Waals surface area contributed by atoms with Crippen molar-refractivity contribution in [1.82, 2.24) is 10.2 Å². The molecule has 0 saturated carbocycles. The third-order valence-electron chi connectivity index (χ3n) is 3.73. The van der Waals surface area contributed by atoms with Crippen molar-refractivity contribution in [3.8, 4) is 28.7 Å². The van der Waals surface area contributed by atoms with E-state index in [9.17, 15) is 4.79 Å². The molecule has 1 N–H and O–H groups in total. The van der Waals surface area contributed by atoms with E-state index in [0.717, 1.165) is 17.3 Å². The highest BCUT2D eigenvalue weighted by molar-refractivity contribution is 7.99. The summed E-state index contributed by atoms with van der Waals surface area (Å²) in [5.41, 5.74) is 1.29. The van der Waals surface area contributed by atoms with Crippen molar-refractivity contribution in [3.05, 3.63) is 42.5 Å². The number of methoxy groups -OCH3 is 3. The van der Waals surface area contributed by atoms with Gasteiger partial charge in [-0.15, -0.1) is 10.2 Å². The van der Waals surface area contributed by atoms with Crippen LogP contribution in [0.3, 0.4) is 0 Å². The lowest BCUT2D eigenvalue weighted by Crippen LogP contribution is -2.14. The van der Waals surface area contributed by atoms with Crippen LogP contribution in [0, 0.1) is 0 Å². The van der Waals surface area contributed by atoms with Crippen LogP contribution in [-0.2, 0) is 4.79 Å². The van der Waals surface area contributed by atoms with Gasteiger partial charge in [-0.05, 0) is 30.3 Å². The maximum atomic E-state index is 12.2. The first-order chi connectivity index (χ1) is 13.6. The molecule has 0 aliphatic heterocycles. The Morgan fingerprint density at radius 3 is 2.57 bits per heavy atom. The second-order valence-corrected chi connectivity index (χ2v) is 6.43. The van der Waals surface area contributed by atoms with Gasteiger partial charge in [0.05, 0.1) is 32.8 Å². The Morgan fingerprint density at radius 2 is 1.82 bits per heavy atom. The average Bonchev–Trinajstić information content (AvgIpc) is 3.21. The van der Waals surface area contributed by atoms with Crippen LogP contribution in [0.2, 0.25) is 0 Å². The average molecular weight is 401 g/mol. The highest BCUT2D eigenvalue weighted by atomic mass is 32.2. The third-order valence-corrected chi connectivity index (χ3v) is 4.55. The number of benzene rings is 2. The minimum absolute atomic E-state index is 0.106. The molecule has 1 heterocycles. The first-order valence-corrected chi connectivity index (χ1v) is 9.24. The van der Waals surface area contributed by atoms with E-state index in [2.05, 4.69) is 15.5 Å². The highest BCUT2D eigenvalue weighted by Crippen LogP contribution is 2.30. The highest BCUT2D eigenvalue weighted by Gasteiger charge is 2.13. The van der Waals surface area contributed by atoms with Crippen LogP contribution < -0.4 is 19.5 Å². The quantitative estimate of drug-likeness (QED) is 0.573. The minimum atomic E-state index is -0.227. The maximum absolute atomic E-state index is 12.2. The molecule has 146 valence electrons. The summed E-state index contributed by atoms with van der Waals surface area (Å²) in [6.45, 7) is 0. The number of carbonyl (C=O) groups excluding carboxylic acids is 1. The summed E-state index contributed by atoms with van der Waals surface area (Å²) in [7, 11) is 4.68. The van der Waals surface area contributed by atoms with Gasteiger partial charge in [0.15, 0.2) is 0 Å². The zero-order chi connectivity index (χ0) is 19.9. The first kappa shape index (κ1) is 19.6. The van der Waals surface area contributed by atoms with Crippen molar-refractivity contribution < 1.29 is 23.4 Å². The molecule has 0 fully saturated rings. The van der Waals surface area contributed by atoms with Gasteiger partial charge < -0.3 is 23.9 Å². The van der Waals surface area contributed by atoms with E-state index in [1.165, 1.54) is 7.11 Å². The summed E-state index contributed by atoms with van der Waals surface area (Å²) >= 11 is 1.15. The molecule has 3 aromatic rings. The summed E-state index contributed by atoms with van der Waals surface area (Å²) in [5.74, 6) is 2.08. The molecule has 0 radical (unpaired) electrons. The van der Waals surface area contributed by atoms with Gasteiger partial charge in [0, 0.05) is 11.6 Å². The molecule has 2 aromatic carbocycles. The van der Waals surface area contributed by atoms with Crippen LogP contribution in [0.5, 0.6) is 17.2 Å². The lowest BCUT2D eigenvalue weighted by atomic mass is 10.2. The monoisotopic (exact) mass is 401 g/mol. The van der Waals surface area contributed by atoms with E-state index in [4.69, 9.17) is 18.6 Å². The van der Waals surface area contributed by atoms with E-state index in [1.54, 1.807) is 38.5 Å². The van der Waals surface area contributed by atoms with Gasteiger partial charge in [0.25, 0.3) is 5.22 Å². The SMILES string of the molecule is COc1cccc(-c2nnc(SCC(=O)Nc3ccc(OC)cc3OC)o2)c1. The van der Waals surface area contributed by atoms with Gasteiger partial charge in [-0.2, -0.15) is 0 Å². The van der Waals surface area contributed by atoms with Crippen molar-refractivity contribution in [2.45, 2.75) is 5.22 Å². The Morgan fingerprint density at radius 1 is 1.04 bits per heavy atom. The zero-order valence-electron chi connectivity index (χ0n) is 15.6. The number of amides is 1. The van der Waals surface area contributed by atoms with Crippen LogP contribution in [0.4, 0.5) is 5.69 Å². The number of anilines is 1. The molecule has 1 aromatic heterocycles. The lowest BCUT2D eigenvalue weighted by Gasteiger charge is -2.11. The second kappa shape index (κ2) is 9.14. The van der Waals surface area contributed by atoms with E-state index in [1.807, 2.05) is 18.2 Å². The van der Waals surface area contributed by atoms with Gasteiger partial charge in [0.2, 0.25) is 11.8 Å². The van der Waals surface area contributed by atoms with Gasteiger partial charge in [-0.3, -0.25) is 4.79 Å². The molecule has 0 bridgehead atoms. The summed E-state index contributed by atoms with van der Waals surface area (Å²) in [4.78, 5) is 12.2. The van der Waals surface area contributed by atoms with Crippen LogP contribution in [0.25, 0.3) is 11.5 Å². The summed E-state index contributed by atoms with van der Waals surface area (Å²) < 4.78 is 21.2. The van der Waals surface area contributed by atoms with Gasteiger partial charge >= 0.3 is 0 Å². The predicted octanol–water partition coefficient (Wildman–Crippen LogP) is 3.49. The topological polar surface area (TPSA) is 95.7 Å². The number of nitrogens with one attached hydrogen (secondary N) is 1. The molecular formula is C19H19N3O5S. The second-order valence-electron chi connectivity index (χ2n) is 5.51. The largest absolute Gasteiger partial charge is 0.497 e. The Balaban J connectivity index is 1.60. The first-order valence-electron chi connectivity index (χ1n) is 8.25. The predicted molar refractivity (Wildman–Crippen MR) is 105 cm³/mol. The third kappa shape index (κ3) is 4.74. The lowest BCUT2D eigenvalue weighted by molar-refractivity contribution is -0.113. The normalized spacial score (nSPS) is 10.4. The molecule has 28 heavy (non-hydrogen) atoms. The molecule has 0 aliphatic carbocycles. The Kier molecular flexibility index (Phi) is 6.38. The number of thioether (sulfide) groups is 1. The van der Waals surface area contributed by atoms with Crippen LogP contribution in [0.1, 0.15) is 0 Å². The number of hydrogen-bond donors (Lipinski definition) is 1. The van der Waals surface area contributed by atoms with Crippen molar-refractivity contribution in [2.24, 2.45) is 0 Å². The molecule has 0 spiro atoms. The number of carbonyl (C=O) groups is 1. The number of aromatic nitrogens is 2. The molecule has 0 saturated heterocycles. The summed E-state index contributed by atoms with van der Waals surface area (Å²) in [6.07, 6.45) is 0. The minimum Gasteiger partial charge on any atom is -0.497 e. The van der Waals surface area contributed by atoms with E-state index in [0.29, 0.717) is 34.0 Å². The zero-order valence-corrected chi connectivity index (χ0v) is 16.4. The van der Waals surface area contributed by atoms with Crippen LogP contribution >= 0.6 is 11.8 Å². The van der Waals surface area contributed by atoms with Crippen LogP contribution in [-0.4, -0.2) is 43.2 Å². The number of rotatable bonds is 8. The molecule has 0 aliphatic rings. The van der Waals surface area contributed by atoms with Crippen molar-refractivity contribution >= 4 is 23.4 Å². The van der Waals surface area contributed by atoms with E-state index >= 15 is 0 Å². The van der Waals surface area contributed by atoms with Gasteiger partial charge in [-0.25, -0.2) is 0 Å². The summed E-state index contributed by atoms with van der Waals surface area (Å²) in [6, 6.07) is 12.4. The van der Waals surface area contributed by atoms with Gasteiger partial charge in [-0.1, -0.05) is 17.8 Å². The molecule has 0 atom stereocenters. The fourth-order valence-corrected chi connectivity index (χ4v) is 2.92. The number of ether oxygens (including phenoxy) is 3. The fourth-order valence-electron chi connectivity index (χ4n) is 2.36. The molecule has 0 unspecified atom stereocenters. The van der Waals surface area contributed by atoms with E-state index < -0.39 is 0 Å². The standard InChI is InChI=1S/C19H19N3O5S/c1-24-13-6-4-5-12(9-13)18-21-22-19(27-18)28-11-17(23)20-15-8-7-14(25-2)10-16(15)26-3/h4-10H,11H2,1-3H3,(H,20,23). The van der Waals surface area contributed by atoms with Crippen molar-refractivity contribution in [3.63, 3.8) is 0 Å². The summed E-state index contributed by atoms with van der Waals surface area (Å²) in [5, 5.41) is 11.1. The number of nitrogens with zero attached hydrogens (tertiary/aromatic N) is 2. The smallest absolute Gasteiger partial charge is 0.277 e. The number of hydrogen-bond acceptors (Lipinski definition) is 8. The van der Waals surface area contributed by atoms with Crippen molar-refractivity contribution in [1.29, 1.82) is 0 Å². The molecule has 3 rings (SSSR count). The molecule has 1 amide bonds. The van der Waals surface area contributed by atoms with E-state index in [-0.39, 0.29) is 11.7 Å². The van der Waals surface area contributed by atoms with Gasteiger partial charge in [0.1, 0.15) is 17.2 Å². The maximum Gasteiger partial charge on any atom is 0.277 e. The Labute approximate surface area is 166 Å². The molecule has 8 nitrogen and oxygen atoms in total. The van der Waals surface area contributed by atoms with Crippen LogP contribution in [0.15, 0.2) is 52.1 Å². The Bertz CT molecular complexity index is 960. The Hall–Kier alpha value is -3.20.